The van der Waals surface area contributed by atoms with Crippen molar-refractivity contribution in [3.63, 3.8) is 0 Å². The van der Waals surface area contributed by atoms with E-state index < -0.39 is 18.2 Å². The van der Waals surface area contributed by atoms with Gasteiger partial charge in [-0.2, -0.15) is 0 Å². The molecular weight excluding hydrogens is 504 g/mol. The Morgan fingerprint density at radius 1 is 1.05 bits per heavy atom. The predicted molar refractivity (Wildman–Crippen MR) is 139 cm³/mol. The molecule has 1 fully saturated rings. The second kappa shape index (κ2) is 9.60. The highest BCUT2D eigenvalue weighted by atomic mass is 16.7. The lowest BCUT2D eigenvalue weighted by molar-refractivity contribution is -0.157. The van der Waals surface area contributed by atoms with Crippen LogP contribution in [0.1, 0.15) is 47.6 Å². The number of hydrogen-bond donors (Lipinski definition) is 3. The van der Waals surface area contributed by atoms with E-state index in [4.69, 9.17) is 19.2 Å². The van der Waals surface area contributed by atoms with Crippen molar-refractivity contribution in [3.8, 4) is 22.9 Å². The predicted octanol–water partition coefficient (Wildman–Crippen LogP) is 1.18. The highest BCUT2D eigenvalue weighted by Gasteiger charge is 2.35. The fourth-order valence-electron chi connectivity index (χ4n) is 6.17. The van der Waals surface area contributed by atoms with Gasteiger partial charge in [0.25, 0.3) is 5.56 Å². The topological polar surface area (TPSA) is 135 Å². The molecule has 3 aromatic rings. The van der Waals surface area contributed by atoms with Crippen molar-refractivity contribution in [2.24, 2.45) is 0 Å². The zero-order chi connectivity index (χ0) is 26.7. The van der Waals surface area contributed by atoms with Crippen LogP contribution in [0.2, 0.25) is 0 Å². The molecule has 1 saturated heterocycles. The number of nitrogens with one attached hydrogen (secondary N) is 1. The van der Waals surface area contributed by atoms with Gasteiger partial charge >= 0.3 is 5.97 Å². The molecule has 11 nitrogen and oxygen atoms in total. The van der Waals surface area contributed by atoms with Gasteiger partial charge in [-0.05, 0) is 43.6 Å². The molecule has 7 rings (SSSR count). The molecule has 2 aromatic heterocycles. The van der Waals surface area contributed by atoms with E-state index in [0.29, 0.717) is 54.6 Å². The van der Waals surface area contributed by atoms with Crippen molar-refractivity contribution in [1.29, 1.82) is 0 Å². The molecule has 0 unspecified atom stereocenters. The number of carbonyl (C=O) groups excluding carboxylic acids is 1. The van der Waals surface area contributed by atoms with Gasteiger partial charge in [-0.15, -0.1) is 0 Å². The number of aliphatic hydroxyl groups is 2. The number of esters is 1. The minimum atomic E-state index is -1.51. The molecule has 0 bridgehead atoms. The quantitative estimate of drug-likeness (QED) is 0.310. The molecular formula is C28H30N4O7. The van der Waals surface area contributed by atoms with E-state index in [9.17, 15) is 19.8 Å². The van der Waals surface area contributed by atoms with Crippen molar-refractivity contribution in [2.75, 3.05) is 33.0 Å². The van der Waals surface area contributed by atoms with Gasteiger partial charge in [0.1, 0.15) is 6.61 Å². The first-order chi connectivity index (χ1) is 19.0. The van der Waals surface area contributed by atoms with Gasteiger partial charge in [-0.1, -0.05) is 6.42 Å². The lowest BCUT2D eigenvalue weighted by atomic mass is 9.98. The van der Waals surface area contributed by atoms with Gasteiger partial charge < -0.3 is 39.2 Å². The number of cyclic esters (lactones) is 1. The first-order valence-electron chi connectivity index (χ1n) is 13.5. The van der Waals surface area contributed by atoms with Crippen LogP contribution in [0.3, 0.4) is 0 Å². The molecule has 0 aliphatic carbocycles. The van der Waals surface area contributed by atoms with E-state index in [0.717, 1.165) is 29.6 Å². The van der Waals surface area contributed by atoms with Crippen molar-refractivity contribution >= 4 is 16.9 Å². The average Bonchev–Trinajstić information content (AvgIpc) is 3.54. The van der Waals surface area contributed by atoms with E-state index in [1.54, 1.807) is 10.6 Å². The van der Waals surface area contributed by atoms with Gasteiger partial charge in [-0.3, -0.25) is 4.79 Å². The second-order valence-electron chi connectivity index (χ2n) is 10.7. The normalized spacial score (nSPS) is 20.5. The summed E-state index contributed by atoms with van der Waals surface area (Å²) in [6, 6.07) is 5.43. The smallest absolute Gasteiger partial charge is 0.340 e. The van der Waals surface area contributed by atoms with Crippen LogP contribution < -0.4 is 20.3 Å². The SMILES string of the molecule is O=C1OCc2c(cc3n(c2=O)Cc2c-3nc3cc4c(cc3c2CNC[C@H](O)CN2CCCCC2)OCO4)[C@@H]1O. The van der Waals surface area contributed by atoms with E-state index in [-0.39, 0.29) is 30.1 Å². The maximum atomic E-state index is 13.4. The zero-order valence-electron chi connectivity index (χ0n) is 21.4. The van der Waals surface area contributed by atoms with Crippen molar-refractivity contribution in [1.82, 2.24) is 19.8 Å². The Morgan fingerprint density at radius 3 is 2.67 bits per heavy atom. The maximum Gasteiger partial charge on any atom is 0.340 e. The molecule has 39 heavy (non-hydrogen) atoms. The van der Waals surface area contributed by atoms with E-state index in [2.05, 4.69) is 10.2 Å². The number of likely N-dealkylation sites (tertiary alicyclic amines) is 1. The van der Waals surface area contributed by atoms with Gasteiger partial charge in [-0.25, -0.2) is 9.78 Å². The Labute approximate surface area is 223 Å². The molecule has 11 heteroatoms. The molecule has 0 saturated carbocycles. The fraction of sp³-hybridized carbons (Fsp3) is 0.464. The summed E-state index contributed by atoms with van der Waals surface area (Å²) in [6.07, 6.45) is 1.59. The number of nitrogens with zero attached hydrogens (tertiary/aromatic N) is 3. The number of ether oxygens (including phenoxy) is 3. The van der Waals surface area contributed by atoms with Gasteiger partial charge in [0.2, 0.25) is 6.79 Å². The van der Waals surface area contributed by atoms with E-state index >= 15 is 0 Å². The van der Waals surface area contributed by atoms with Crippen LogP contribution in [0.15, 0.2) is 23.0 Å². The standard InChI is InChI=1S/C28H30N4O7/c33-15(11-31-4-2-1-3-5-31)9-29-10-18-16-7-23-24(39-14-38-23)8-21(16)30-25-19(18)12-32-22(25)6-17-20(27(32)35)13-37-28(36)26(17)34/h6-8,15,26,29,33-34H,1-5,9-14H2/t15-,26-/m0/s1. The Kier molecular flexibility index (Phi) is 6.03. The van der Waals surface area contributed by atoms with Crippen LogP contribution in [0.5, 0.6) is 11.5 Å². The number of rotatable bonds is 6. The molecule has 0 radical (unpaired) electrons. The van der Waals surface area contributed by atoms with Crippen molar-refractivity contribution in [3.05, 3.63) is 50.8 Å². The summed E-state index contributed by atoms with van der Waals surface area (Å²) in [5.41, 5.74) is 3.93. The first kappa shape index (κ1) is 24.5. The highest BCUT2D eigenvalue weighted by Crippen LogP contribution is 2.42. The van der Waals surface area contributed by atoms with Crippen molar-refractivity contribution in [2.45, 2.75) is 51.2 Å². The fourth-order valence-corrected chi connectivity index (χ4v) is 6.17. The van der Waals surface area contributed by atoms with Gasteiger partial charge in [0.15, 0.2) is 17.6 Å². The number of fused-ring (bicyclic) bond motifs is 6. The van der Waals surface area contributed by atoms with Crippen LogP contribution in [-0.2, 0) is 29.2 Å². The largest absolute Gasteiger partial charge is 0.458 e. The summed E-state index contributed by atoms with van der Waals surface area (Å²) < 4.78 is 17.9. The summed E-state index contributed by atoms with van der Waals surface area (Å²) in [4.78, 5) is 32.6. The van der Waals surface area contributed by atoms with Crippen LogP contribution in [-0.4, -0.2) is 69.7 Å². The number of piperidine rings is 1. The third kappa shape index (κ3) is 4.17. The van der Waals surface area contributed by atoms with Crippen LogP contribution in [0.25, 0.3) is 22.3 Å². The van der Waals surface area contributed by atoms with Crippen molar-refractivity contribution < 1.29 is 29.2 Å². The number of hydrogen-bond acceptors (Lipinski definition) is 10. The summed E-state index contributed by atoms with van der Waals surface area (Å²) in [7, 11) is 0. The Balaban J connectivity index is 1.26. The molecule has 204 valence electrons. The first-order valence-corrected chi connectivity index (χ1v) is 13.5. The lowest BCUT2D eigenvalue weighted by Gasteiger charge is -2.28. The third-order valence-electron chi connectivity index (χ3n) is 8.17. The third-order valence-corrected chi connectivity index (χ3v) is 8.17. The van der Waals surface area contributed by atoms with Crippen LogP contribution in [0.4, 0.5) is 0 Å². The molecule has 1 aromatic carbocycles. The van der Waals surface area contributed by atoms with E-state index in [1.807, 2.05) is 12.1 Å². The summed E-state index contributed by atoms with van der Waals surface area (Å²) in [5.74, 6) is 0.472. The molecule has 3 N–H and O–H groups in total. The number of aromatic nitrogens is 2. The maximum absolute atomic E-state index is 13.4. The highest BCUT2D eigenvalue weighted by molar-refractivity contribution is 5.91. The lowest BCUT2D eigenvalue weighted by Crippen LogP contribution is -2.40. The number of benzene rings is 1. The monoisotopic (exact) mass is 534 g/mol. The molecule has 4 aliphatic heterocycles. The number of aliphatic hydroxyl groups excluding tert-OH is 2. The van der Waals surface area contributed by atoms with Gasteiger partial charge in [0, 0.05) is 42.2 Å². The minimum Gasteiger partial charge on any atom is -0.458 e. The van der Waals surface area contributed by atoms with Crippen LogP contribution in [0, 0.1) is 0 Å². The molecule has 4 aliphatic rings. The molecule has 2 atom stereocenters. The van der Waals surface area contributed by atoms with E-state index in [1.165, 1.54) is 19.3 Å². The Morgan fingerprint density at radius 2 is 1.85 bits per heavy atom. The molecule has 0 amide bonds. The summed E-state index contributed by atoms with van der Waals surface area (Å²) in [6.45, 7) is 3.82. The average molecular weight is 535 g/mol. The minimum absolute atomic E-state index is 0.139. The van der Waals surface area contributed by atoms with Gasteiger partial charge in [0.05, 0.1) is 35.1 Å². The number of β-amino-alcohol motifs (C(OH)–C–C–N with tert-alkyl or cyclic N) is 1. The molecule has 0 spiro atoms. The summed E-state index contributed by atoms with van der Waals surface area (Å²) in [5, 5.41) is 25.4. The Hall–Kier alpha value is -3.51. The number of pyridine rings is 2. The molecule has 6 heterocycles. The Bertz CT molecular complexity index is 1550. The number of carbonyl (C=O) groups is 1. The van der Waals surface area contributed by atoms with Crippen LogP contribution >= 0.6 is 0 Å². The summed E-state index contributed by atoms with van der Waals surface area (Å²) >= 11 is 0. The zero-order valence-corrected chi connectivity index (χ0v) is 21.4. The second-order valence-corrected chi connectivity index (χ2v) is 10.7.